The number of benzene rings is 1. The van der Waals surface area contributed by atoms with E-state index in [-0.39, 0.29) is 30.4 Å². The molecule has 4 N–H and O–H groups in total. The Kier molecular flexibility index (Phi) is 7.77. The van der Waals surface area contributed by atoms with Crippen molar-refractivity contribution in [3.05, 3.63) is 35.7 Å². The fraction of sp³-hybridized carbons (Fsp3) is 0.444. The third kappa shape index (κ3) is 5.20. The molecule has 28 heavy (non-hydrogen) atoms. The van der Waals surface area contributed by atoms with Crippen LogP contribution in [0.15, 0.2) is 24.3 Å². The van der Waals surface area contributed by atoms with Crippen LogP contribution in [-0.2, 0) is 0 Å². The fourth-order valence-corrected chi connectivity index (χ4v) is 3.15. The molecule has 1 aliphatic rings. The lowest BCUT2D eigenvalue weighted by atomic mass is 10.1. The number of amides is 3. The highest BCUT2D eigenvalue weighted by molar-refractivity contribution is 6.04. The third-order valence-corrected chi connectivity index (χ3v) is 4.51. The van der Waals surface area contributed by atoms with Crippen LogP contribution in [0.3, 0.4) is 0 Å². The molecule has 1 aliphatic heterocycles. The summed E-state index contributed by atoms with van der Waals surface area (Å²) >= 11 is 0. The molecule has 3 amide bonds. The number of piperidine rings is 1. The number of aromatic nitrogens is 3. The van der Waals surface area contributed by atoms with Crippen molar-refractivity contribution in [3.63, 3.8) is 0 Å². The summed E-state index contributed by atoms with van der Waals surface area (Å²) < 4.78 is 1.85. The SMILES string of the molecule is CCNC(=O)Nc1cccc(NC(=O)c2nnn(C3CCNCC3)c2C)c1.Cl. The van der Waals surface area contributed by atoms with Gasteiger partial charge in [-0.1, -0.05) is 11.3 Å². The molecule has 1 aromatic carbocycles. The van der Waals surface area contributed by atoms with E-state index in [1.807, 2.05) is 18.5 Å². The van der Waals surface area contributed by atoms with Crippen molar-refractivity contribution in [2.24, 2.45) is 0 Å². The molecule has 2 heterocycles. The van der Waals surface area contributed by atoms with Crippen molar-refractivity contribution in [1.29, 1.82) is 0 Å². The summed E-state index contributed by atoms with van der Waals surface area (Å²) in [5.41, 5.74) is 2.24. The molecule has 9 nitrogen and oxygen atoms in total. The number of nitrogens with one attached hydrogen (secondary N) is 4. The molecule has 0 atom stereocenters. The maximum Gasteiger partial charge on any atom is 0.319 e. The van der Waals surface area contributed by atoms with Crippen LogP contribution in [0.2, 0.25) is 0 Å². The summed E-state index contributed by atoms with van der Waals surface area (Å²) in [4.78, 5) is 24.3. The van der Waals surface area contributed by atoms with Crippen molar-refractivity contribution in [2.45, 2.75) is 32.7 Å². The normalized spacial score (nSPS) is 14.1. The van der Waals surface area contributed by atoms with Crippen LogP contribution in [0, 0.1) is 6.92 Å². The fourth-order valence-electron chi connectivity index (χ4n) is 3.15. The molecule has 0 aliphatic carbocycles. The molecular formula is C18H26ClN7O2. The van der Waals surface area contributed by atoms with E-state index in [2.05, 4.69) is 31.6 Å². The van der Waals surface area contributed by atoms with Crippen molar-refractivity contribution < 1.29 is 9.59 Å². The lowest BCUT2D eigenvalue weighted by Gasteiger charge is -2.23. The second kappa shape index (κ2) is 10.0. The molecule has 0 saturated carbocycles. The van der Waals surface area contributed by atoms with Crippen molar-refractivity contribution in [3.8, 4) is 0 Å². The molecule has 0 bridgehead atoms. The molecule has 2 aromatic rings. The van der Waals surface area contributed by atoms with Gasteiger partial charge in [-0.3, -0.25) is 4.79 Å². The number of halogens is 1. The number of hydrogen-bond donors (Lipinski definition) is 4. The van der Waals surface area contributed by atoms with Crippen LogP contribution < -0.4 is 21.3 Å². The molecule has 3 rings (SSSR count). The maximum atomic E-state index is 12.6. The Labute approximate surface area is 170 Å². The van der Waals surface area contributed by atoms with Crippen molar-refractivity contribution in [2.75, 3.05) is 30.3 Å². The number of hydrogen-bond acceptors (Lipinski definition) is 5. The van der Waals surface area contributed by atoms with Crippen LogP contribution in [0.4, 0.5) is 16.2 Å². The van der Waals surface area contributed by atoms with E-state index in [0.717, 1.165) is 31.6 Å². The van der Waals surface area contributed by atoms with Gasteiger partial charge in [-0.05, 0) is 58.0 Å². The molecule has 10 heteroatoms. The second-order valence-corrected chi connectivity index (χ2v) is 6.47. The van der Waals surface area contributed by atoms with Gasteiger partial charge in [-0.2, -0.15) is 0 Å². The van der Waals surface area contributed by atoms with Crippen molar-refractivity contribution >= 4 is 35.7 Å². The van der Waals surface area contributed by atoms with E-state index in [1.54, 1.807) is 24.3 Å². The Balaban J connectivity index is 0.00000280. The van der Waals surface area contributed by atoms with Gasteiger partial charge in [0, 0.05) is 17.9 Å². The predicted octanol–water partition coefficient (Wildman–Crippen LogP) is 2.33. The first kappa shape index (κ1) is 21.6. The minimum absolute atomic E-state index is 0. The van der Waals surface area contributed by atoms with E-state index in [9.17, 15) is 9.59 Å². The number of anilines is 2. The number of nitrogens with zero attached hydrogens (tertiary/aromatic N) is 3. The van der Waals surface area contributed by atoms with Gasteiger partial charge in [0.05, 0.1) is 11.7 Å². The van der Waals surface area contributed by atoms with Gasteiger partial charge in [-0.15, -0.1) is 17.5 Å². The lowest BCUT2D eigenvalue weighted by molar-refractivity contribution is 0.102. The Morgan fingerprint density at radius 2 is 1.89 bits per heavy atom. The Hall–Kier alpha value is -2.65. The second-order valence-electron chi connectivity index (χ2n) is 6.47. The predicted molar refractivity (Wildman–Crippen MR) is 110 cm³/mol. The van der Waals surface area contributed by atoms with Gasteiger partial charge in [-0.25, -0.2) is 9.48 Å². The number of urea groups is 1. The smallest absolute Gasteiger partial charge is 0.319 e. The minimum Gasteiger partial charge on any atom is -0.338 e. The monoisotopic (exact) mass is 407 g/mol. The van der Waals surface area contributed by atoms with Crippen molar-refractivity contribution in [1.82, 2.24) is 25.6 Å². The average Bonchev–Trinajstić information content (AvgIpc) is 3.04. The highest BCUT2D eigenvalue weighted by Gasteiger charge is 2.23. The summed E-state index contributed by atoms with van der Waals surface area (Å²) in [7, 11) is 0. The largest absolute Gasteiger partial charge is 0.338 e. The molecule has 152 valence electrons. The maximum absolute atomic E-state index is 12.6. The average molecular weight is 408 g/mol. The van der Waals surface area contributed by atoms with Crippen LogP contribution in [0.1, 0.15) is 42.0 Å². The summed E-state index contributed by atoms with van der Waals surface area (Å²) in [6, 6.07) is 6.94. The van der Waals surface area contributed by atoms with Gasteiger partial charge in [0.1, 0.15) is 0 Å². The molecule has 0 unspecified atom stereocenters. The molecule has 1 aromatic heterocycles. The first-order valence-electron chi connectivity index (χ1n) is 9.17. The zero-order valence-corrected chi connectivity index (χ0v) is 16.8. The Morgan fingerprint density at radius 3 is 2.57 bits per heavy atom. The topological polar surface area (TPSA) is 113 Å². The van der Waals surface area contributed by atoms with Crippen LogP contribution >= 0.6 is 12.4 Å². The summed E-state index contributed by atoms with van der Waals surface area (Å²) in [5.74, 6) is -0.317. The summed E-state index contributed by atoms with van der Waals surface area (Å²) in [6.45, 7) is 6.13. The van der Waals surface area contributed by atoms with Crippen LogP contribution in [0.5, 0.6) is 0 Å². The third-order valence-electron chi connectivity index (χ3n) is 4.51. The van der Waals surface area contributed by atoms with Crippen LogP contribution in [0.25, 0.3) is 0 Å². The quantitative estimate of drug-likeness (QED) is 0.607. The minimum atomic E-state index is -0.317. The van der Waals surface area contributed by atoms with Gasteiger partial charge in [0.25, 0.3) is 5.91 Å². The zero-order valence-electron chi connectivity index (χ0n) is 16.0. The van der Waals surface area contributed by atoms with Gasteiger partial charge in [0.15, 0.2) is 5.69 Å². The number of carbonyl (C=O) groups excluding carboxylic acids is 2. The summed E-state index contributed by atoms with van der Waals surface area (Å²) in [5, 5.41) is 19.8. The van der Waals surface area contributed by atoms with E-state index in [0.29, 0.717) is 23.6 Å². The highest BCUT2D eigenvalue weighted by atomic mass is 35.5. The van der Waals surface area contributed by atoms with Gasteiger partial charge in [0.2, 0.25) is 0 Å². The molecule has 0 spiro atoms. The highest BCUT2D eigenvalue weighted by Crippen LogP contribution is 2.21. The van der Waals surface area contributed by atoms with E-state index in [1.165, 1.54) is 0 Å². The van der Waals surface area contributed by atoms with E-state index < -0.39 is 0 Å². The number of rotatable bonds is 5. The first-order valence-corrected chi connectivity index (χ1v) is 9.17. The molecule has 1 saturated heterocycles. The lowest BCUT2D eigenvalue weighted by Crippen LogP contribution is -2.30. The molecule has 0 radical (unpaired) electrons. The standard InChI is InChI=1S/C18H25N7O2.ClH/c1-3-20-18(27)22-14-6-4-5-13(11-14)21-17(26)16-12(2)25(24-23-16)15-7-9-19-10-8-15;/h4-6,11,15,19H,3,7-10H2,1-2H3,(H,21,26)(H2,20,22,27);1H. The molecule has 1 fully saturated rings. The number of carbonyl (C=O) groups is 2. The summed E-state index contributed by atoms with van der Waals surface area (Å²) in [6.07, 6.45) is 1.94. The van der Waals surface area contributed by atoms with Gasteiger partial charge >= 0.3 is 6.03 Å². The van der Waals surface area contributed by atoms with Gasteiger partial charge < -0.3 is 21.3 Å². The molecular weight excluding hydrogens is 382 g/mol. The first-order chi connectivity index (χ1) is 13.1. The van der Waals surface area contributed by atoms with E-state index in [4.69, 9.17) is 0 Å². The van der Waals surface area contributed by atoms with E-state index >= 15 is 0 Å². The Morgan fingerprint density at radius 1 is 1.21 bits per heavy atom. The zero-order chi connectivity index (χ0) is 19.2. The Bertz CT molecular complexity index is 818. The van der Waals surface area contributed by atoms with Crippen LogP contribution in [-0.4, -0.2) is 46.6 Å².